The summed E-state index contributed by atoms with van der Waals surface area (Å²) in [5.74, 6) is 0.537. The van der Waals surface area contributed by atoms with Crippen LogP contribution in [0.1, 0.15) is 27.2 Å². The number of hydrogen-bond acceptors (Lipinski definition) is 4. The van der Waals surface area contributed by atoms with Crippen LogP contribution in [-0.2, 0) is 9.59 Å². The minimum Gasteiger partial charge on any atom is -0.368 e. The Bertz CT molecular complexity index is 691. The van der Waals surface area contributed by atoms with E-state index in [4.69, 9.17) is 0 Å². The molecule has 160 valence electrons. The van der Waals surface area contributed by atoms with Crippen LogP contribution >= 0.6 is 0 Å². The predicted molar refractivity (Wildman–Crippen MR) is 117 cm³/mol. The van der Waals surface area contributed by atoms with Gasteiger partial charge < -0.3 is 25.8 Å². The third-order valence-corrected chi connectivity index (χ3v) is 4.54. The van der Waals surface area contributed by atoms with Crippen molar-refractivity contribution >= 4 is 23.5 Å². The van der Waals surface area contributed by atoms with Gasteiger partial charge >= 0.3 is 0 Å². The van der Waals surface area contributed by atoms with E-state index in [1.807, 2.05) is 43.9 Å². The maximum absolute atomic E-state index is 12.5. The first-order valence-electron chi connectivity index (χ1n) is 10.1. The van der Waals surface area contributed by atoms with Crippen LogP contribution in [0, 0.1) is 0 Å². The van der Waals surface area contributed by atoms with E-state index in [-0.39, 0.29) is 23.9 Å². The minimum atomic E-state index is -0.271. The monoisotopic (exact) mass is 402 g/mol. The van der Waals surface area contributed by atoms with Gasteiger partial charge in [-0.1, -0.05) is 18.2 Å². The van der Waals surface area contributed by atoms with Crippen molar-refractivity contribution in [2.24, 2.45) is 4.99 Å². The average molecular weight is 403 g/mol. The molecule has 2 amide bonds. The zero-order valence-corrected chi connectivity index (χ0v) is 18.0. The van der Waals surface area contributed by atoms with Crippen LogP contribution in [0.2, 0.25) is 0 Å². The van der Waals surface area contributed by atoms with E-state index in [1.54, 1.807) is 7.05 Å². The number of benzene rings is 1. The van der Waals surface area contributed by atoms with Crippen molar-refractivity contribution < 1.29 is 9.59 Å². The molecule has 2 rings (SSSR count). The SMILES string of the molecule is CN=C(NCCC(=O)N1CCN(c2ccccc2)CC1)NCC(=O)NC(C)(C)C. The molecule has 8 heteroatoms. The molecule has 0 bridgehead atoms. The smallest absolute Gasteiger partial charge is 0.239 e. The molecule has 0 atom stereocenters. The molecule has 1 aromatic rings. The summed E-state index contributed by atoms with van der Waals surface area (Å²) in [6.45, 7) is 9.55. The number of aliphatic imine (C=N–C) groups is 1. The lowest BCUT2D eigenvalue weighted by atomic mass is 10.1. The normalized spacial score (nSPS) is 15.1. The molecule has 3 N–H and O–H groups in total. The summed E-state index contributed by atoms with van der Waals surface area (Å²) in [7, 11) is 1.64. The fraction of sp³-hybridized carbons (Fsp3) is 0.571. The molecular weight excluding hydrogens is 368 g/mol. The van der Waals surface area contributed by atoms with Gasteiger partial charge in [0, 0.05) is 57.4 Å². The molecule has 0 radical (unpaired) electrons. The molecule has 0 saturated carbocycles. The second-order valence-corrected chi connectivity index (χ2v) is 8.10. The van der Waals surface area contributed by atoms with Crippen molar-refractivity contribution in [3.8, 4) is 0 Å². The Balaban J connectivity index is 1.66. The number of carbonyl (C=O) groups excluding carboxylic acids is 2. The van der Waals surface area contributed by atoms with E-state index in [1.165, 1.54) is 5.69 Å². The van der Waals surface area contributed by atoms with E-state index >= 15 is 0 Å². The highest BCUT2D eigenvalue weighted by Gasteiger charge is 2.21. The summed E-state index contributed by atoms with van der Waals surface area (Å²) in [5.41, 5.74) is 0.929. The zero-order valence-electron chi connectivity index (χ0n) is 18.0. The maximum Gasteiger partial charge on any atom is 0.239 e. The Labute approximate surface area is 173 Å². The third-order valence-electron chi connectivity index (χ3n) is 4.54. The lowest BCUT2D eigenvalue weighted by Crippen LogP contribution is -2.50. The number of carbonyl (C=O) groups is 2. The van der Waals surface area contributed by atoms with Crippen LogP contribution in [0.25, 0.3) is 0 Å². The summed E-state index contributed by atoms with van der Waals surface area (Å²) in [6, 6.07) is 10.3. The summed E-state index contributed by atoms with van der Waals surface area (Å²) in [4.78, 5) is 32.7. The first-order valence-corrected chi connectivity index (χ1v) is 10.1. The Morgan fingerprint density at radius 1 is 1.03 bits per heavy atom. The summed E-state index contributed by atoms with van der Waals surface area (Å²) >= 11 is 0. The molecule has 0 aromatic heterocycles. The number of nitrogens with one attached hydrogen (secondary N) is 3. The van der Waals surface area contributed by atoms with Gasteiger partial charge in [0.05, 0.1) is 6.54 Å². The van der Waals surface area contributed by atoms with Crippen molar-refractivity contribution in [1.29, 1.82) is 0 Å². The number of piperazine rings is 1. The van der Waals surface area contributed by atoms with Gasteiger partial charge in [0.25, 0.3) is 0 Å². The lowest BCUT2D eigenvalue weighted by Gasteiger charge is -2.36. The highest BCUT2D eigenvalue weighted by molar-refractivity contribution is 5.87. The average Bonchev–Trinajstić information content (AvgIpc) is 2.70. The van der Waals surface area contributed by atoms with Crippen molar-refractivity contribution in [3.05, 3.63) is 30.3 Å². The number of amides is 2. The number of para-hydroxylation sites is 1. The fourth-order valence-electron chi connectivity index (χ4n) is 3.15. The van der Waals surface area contributed by atoms with Gasteiger partial charge in [-0.25, -0.2) is 0 Å². The Hall–Kier alpha value is -2.77. The largest absolute Gasteiger partial charge is 0.368 e. The summed E-state index contributed by atoms with van der Waals surface area (Å²) in [5, 5.41) is 8.94. The van der Waals surface area contributed by atoms with E-state index in [9.17, 15) is 9.59 Å². The van der Waals surface area contributed by atoms with E-state index in [0.717, 1.165) is 26.2 Å². The molecule has 1 aliphatic rings. The standard InChI is InChI=1S/C21H34N6O2/c1-21(2,3)25-18(28)16-24-20(22-4)23-11-10-19(29)27-14-12-26(13-15-27)17-8-6-5-7-9-17/h5-9H,10-16H2,1-4H3,(H,25,28)(H2,22,23,24). The van der Waals surface area contributed by atoms with Crippen molar-refractivity contribution in [1.82, 2.24) is 20.9 Å². The van der Waals surface area contributed by atoms with Crippen LogP contribution in [0.3, 0.4) is 0 Å². The van der Waals surface area contributed by atoms with E-state index < -0.39 is 0 Å². The van der Waals surface area contributed by atoms with E-state index in [2.05, 4.69) is 38.0 Å². The first-order chi connectivity index (χ1) is 13.8. The molecule has 29 heavy (non-hydrogen) atoms. The molecule has 1 aliphatic heterocycles. The predicted octanol–water partition coefficient (Wildman–Crippen LogP) is 0.805. The van der Waals surface area contributed by atoms with Gasteiger partial charge in [-0.2, -0.15) is 0 Å². The molecule has 1 heterocycles. The molecule has 0 aliphatic carbocycles. The second kappa shape index (κ2) is 10.7. The van der Waals surface area contributed by atoms with Crippen LogP contribution in [0.5, 0.6) is 0 Å². The van der Waals surface area contributed by atoms with Crippen LogP contribution in [0.4, 0.5) is 5.69 Å². The number of hydrogen-bond donors (Lipinski definition) is 3. The Kier molecular flexibility index (Phi) is 8.30. The van der Waals surface area contributed by atoms with E-state index in [0.29, 0.717) is 18.9 Å². The van der Waals surface area contributed by atoms with Crippen LogP contribution < -0.4 is 20.9 Å². The van der Waals surface area contributed by atoms with Gasteiger partial charge in [0.2, 0.25) is 11.8 Å². The third kappa shape index (κ3) is 8.01. The quantitative estimate of drug-likeness (QED) is 0.484. The van der Waals surface area contributed by atoms with Gasteiger partial charge in [-0.05, 0) is 32.9 Å². The summed E-state index contributed by atoms with van der Waals surface area (Å²) < 4.78 is 0. The molecule has 0 spiro atoms. The van der Waals surface area contributed by atoms with Crippen molar-refractivity contribution in [3.63, 3.8) is 0 Å². The molecule has 1 fully saturated rings. The second-order valence-electron chi connectivity index (χ2n) is 8.10. The number of anilines is 1. The zero-order chi connectivity index (χ0) is 21.3. The number of nitrogens with zero attached hydrogens (tertiary/aromatic N) is 3. The van der Waals surface area contributed by atoms with Gasteiger partial charge in [-0.15, -0.1) is 0 Å². The number of guanidine groups is 1. The van der Waals surface area contributed by atoms with Gasteiger partial charge in [-0.3, -0.25) is 14.6 Å². The molecule has 1 aromatic carbocycles. The Morgan fingerprint density at radius 2 is 1.69 bits per heavy atom. The Morgan fingerprint density at radius 3 is 2.28 bits per heavy atom. The van der Waals surface area contributed by atoms with Crippen LogP contribution in [-0.4, -0.2) is 74.5 Å². The molecular formula is C21H34N6O2. The lowest BCUT2D eigenvalue weighted by molar-refractivity contribution is -0.131. The first kappa shape index (κ1) is 22.5. The molecule has 1 saturated heterocycles. The molecule has 8 nitrogen and oxygen atoms in total. The minimum absolute atomic E-state index is 0.104. The van der Waals surface area contributed by atoms with Gasteiger partial charge in [0.15, 0.2) is 5.96 Å². The highest BCUT2D eigenvalue weighted by Crippen LogP contribution is 2.15. The molecule has 0 unspecified atom stereocenters. The maximum atomic E-state index is 12.5. The van der Waals surface area contributed by atoms with Crippen molar-refractivity contribution in [2.45, 2.75) is 32.7 Å². The number of rotatable bonds is 6. The summed E-state index contributed by atoms with van der Waals surface area (Å²) in [6.07, 6.45) is 0.389. The fourth-order valence-corrected chi connectivity index (χ4v) is 3.15. The van der Waals surface area contributed by atoms with Crippen LogP contribution in [0.15, 0.2) is 35.3 Å². The van der Waals surface area contributed by atoms with Gasteiger partial charge in [0.1, 0.15) is 0 Å². The topological polar surface area (TPSA) is 89.1 Å². The highest BCUT2D eigenvalue weighted by atomic mass is 16.2. The van der Waals surface area contributed by atoms with Crippen molar-refractivity contribution in [2.75, 3.05) is 51.2 Å².